The van der Waals surface area contributed by atoms with Crippen molar-refractivity contribution in [2.75, 3.05) is 13.2 Å². The first-order chi connectivity index (χ1) is 7.81. The molecule has 0 unspecified atom stereocenters. The SMILES string of the molecule is NCc1ccnc(SC2CCOCC2)c1Cl. The number of thioether (sulfide) groups is 1. The van der Waals surface area contributed by atoms with E-state index >= 15 is 0 Å². The number of aromatic nitrogens is 1. The van der Waals surface area contributed by atoms with Crippen molar-refractivity contribution in [2.24, 2.45) is 5.73 Å². The van der Waals surface area contributed by atoms with Gasteiger partial charge < -0.3 is 10.5 Å². The molecule has 0 spiro atoms. The molecule has 88 valence electrons. The standard InChI is InChI=1S/C11H15ClN2OS/c12-10-8(7-13)1-4-14-11(10)16-9-2-5-15-6-3-9/h1,4,9H,2-3,5-7,13H2. The maximum absolute atomic E-state index is 6.23. The van der Waals surface area contributed by atoms with Crippen LogP contribution in [0.2, 0.25) is 5.02 Å². The summed E-state index contributed by atoms with van der Waals surface area (Å²) in [6.07, 6.45) is 3.90. The summed E-state index contributed by atoms with van der Waals surface area (Å²) in [6.45, 7) is 2.14. The van der Waals surface area contributed by atoms with Gasteiger partial charge in [0, 0.05) is 31.2 Å². The molecular weight excluding hydrogens is 244 g/mol. The molecule has 2 heterocycles. The molecule has 0 atom stereocenters. The van der Waals surface area contributed by atoms with Gasteiger partial charge in [-0.1, -0.05) is 11.6 Å². The Bertz CT molecular complexity index is 356. The second kappa shape index (κ2) is 5.87. The summed E-state index contributed by atoms with van der Waals surface area (Å²) in [5.41, 5.74) is 6.58. The zero-order valence-electron chi connectivity index (χ0n) is 8.99. The van der Waals surface area contributed by atoms with Crippen molar-refractivity contribution in [3.63, 3.8) is 0 Å². The second-order valence-corrected chi connectivity index (χ2v) is 5.39. The van der Waals surface area contributed by atoms with Crippen LogP contribution in [0.4, 0.5) is 0 Å². The molecule has 1 saturated heterocycles. The summed E-state index contributed by atoms with van der Waals surface area (Å²) < 4.78 is 5.33. The van der Waals surface area contributed by atoms with Gasteiger partial charge in [0.1, 0.15) is 5.03 Å². The molecule has 1 fully saturated rings. The van der Waals surface area contributed by atoms with Crippen LogP contribution in [0.1, 0.15) is 18.4 Å². The van der Waals surface area contributed by atoms with Gasteiger partial charge in [0.15, 0.2) is 0 Å². The molecule has 0 bridgehead atoms. The monoisotopic (exact) mass is 258 g/mol. The first kappa shape index (κ1) is 12.2. The molecule has 2 rings (SSSR count). The Morgan fingerprint density at radius 1 is 1.50 bits per heavy atom. The highest BCUT2D eigenvalue weighted by molar-refractivity contribution is 8.00. The van der Waals surface area contributed by atoms with Gasteiger partial charge in [-0.3, -0.25) is 0 Å². The Labute approximate surface area is 105 Å². The van der Waals surface area contributed by atoms with Crippen LogP contribution in [-0.4, -0.2) is 23.4 Å². The van der Waals surface area contributed by atoms with Crippen LogP contribution in [0.25, 0.3) is 0 Å². The Morgan fingerprint density at radius 3 is 2.94 bits per heavy atom. The number of halogens is 1. The Kier molecular flexibility index (Phi) is 4.46. The molecule has 0 saturated carbocycles. The molecule has 1 aromatic rings. The first-order valence-electron chi connectivity index (χ1n) is 5.39. The van der Waals surface area contributed by atoms with Crippen molar-refractivity contribution in [1.82, 2.24) is 4.98 Å². The van der Waals surface area contributed by atoms with E-state index in [0.29, 0.717) is 16.8 Å². The topological polar surface area (TPSA) is 48.1 Å². The molecule has 0 radical (unpaired) electrons. The summed E-state index contributed by atoms with van der Waals surface area (Å²) in [7, 11) is 0. The van der Waals surface area contributed by atoms with Gasteiger partial charge in [-0.15, -0.1) is 11.8 Å². The van der Waals surface area contributed by atoms with E-state index in [4.69, 9.17) is 22.1 Å². The van der Waals surface area contributed by atoms with E-state index in [1.807, 2.05) is 6.07 Å². The van der Waals surface area contributed by atoms with Crippen molar-refractivity contribution < 1.29 is 4.74 Å². The van der Waals surface area contributed by atoms with Crippen molar-refractivity contribution in [3.05, 3.63) is 22.8 Å². The Morgan fingerprint density at radius 2 is 2.25 bits per heavy atom. The summed E-state index contributed by atoms with van der Waals surface area (Å²) in [4.78, 5) is 4.32. The number of nitrogens with two attached hydrogens (primary N) is 1. The number of rotatable bonds is 3. The molecule has 5 heteroatoms. The van der Waals surface area contributed by atoms with Crippen LogP contribution >= 0.6 is 23.4 Å². The van der Waals surface area contributed by atoms with E-state index in [1.54, 1.807) is 18.0 Å². The molecule has 1 aliphatic heterocycles. The second-order valence-electron chi connectivity index (χ2n) is 3.72. The number of ether oxygens (including phenoxy) is 1. The largest absolute Gasteiger partial charge is 0.381 e. The molecule has 2 N–H and O–H groups in total. The van der Waals surface area contributed by atoms with E-state index in [2.05, 4.69) is 4.98 Å². The minimum atomic E-state index is 0.461. The van der Waals surface area contributed by atoms with Gasteiger partial charge in [-0.25, -0.2) is 4.98 Å². The zero-order chi connectivity index (χ0) is 11.4. The van der Waals surface area contributed by atoms with Crippen LogP contribution in [0.3, 0.4) is 0 Å². The van der Waals surface area contributed by atoms with Crippen molar-refractivity contribution in [2.45, 2.75) is 29.7 Å². The minimum absolute atomic E-state index is 0.461. The number of hydrogen-bond donors (Lipinski definition) is 1. The van der Waals surface area contributed by atoms with Crippen molar-refractivity contribution in [3.8, 4) is 0 Å². The Hall–Kier alpha value is -0.290. The molecule has 16 heavy (non-hydrogen) atoms. The van der Waals surface area contributed by atoms with Crippen molar-refractivity contribution >= 4 is 23.4 Å². The molecule has 3 nitrogen and oxygen atoms in total. The smallest absolute Gasteiger partial charge is 0.115 e. The van der Waals surface area contributed by atoms with Gasteiger partial charge in [-0.2, -0.15) is 0 Å². The third-order valence-electron chi connectivity index (χ3n) is 2.60. The van der Waals surface area contributed by atoms with Gasteiger partial charge in [0.05, 0.1) is 5.02 Å². The fourth-order valence-electron chi connectivity index (χ4n) is 1.65. The van der Waals surface area contributed by atoms with E-state index in [0.717, 1.165) is 36.6 Å². The highest BCUT2D eigenvalue weighted by Gasteiger charge is 2.17. The maximum atomic E-state index is 6.23. The summed E-state index contributed by atoms with van der Waals surface area (Å²) in [5.74, 6) is 0. The molecule has 1 aromatic heterocycles. The van der Waals surface area contributed by atoms with Gasteiger partial charge in [0.2, 0.25) is 0 Å². The number of pyridine rings is 1. The van der Waals surface area contributed by atoms with Crippen LogP contribution in [0.15, 0.2) is 17.3 Å². The minimum Gasteiger partial charge on any atom is -0.381 e. The third kappa shape index (κ3) is 2.88. The lowest BCUT2D eigenvalue weighted by Crippen LogP contribution is -2.17. The molecule has 0 aliphatic carbocycles. The highest BCUT2D eigenvalue weighted by atomic mass is 35.5. The average molecular weight is 259 g/mol. The van der Waals surface area contributed by atoms with Crippen molar-refractivity contribution in [1.29, 1.82) is 0 Å². The lowest BCUT2D eigenvalue weighted by molar-refractivity contribution is 0.1000. The van der Waals surface area contributed by atoms with Crippen LogP contribution in [-0.2, 0) is 11.3 Å². The first-order valence-corrected chi connectivity index (χ1v) is 6.65. The molecular formula is C11H15ClN2OS. The predicted octanol–water partition coefficient (Wildman–Crippen LogP) is 2.46. The molecule has 1 aliphatic rings. The van der Waals surface area contributed by atoms with Crippen LogP contribution in [0, 0.1) is 0 Å². The van der Waals surface area contributed by atoms with Gasteiger partial charge in [-0.05, 0) is 24.5 Å². The number of nitrogens with zero attached hydrogens (tertiary/aromatic N) is 1. The van der Waals surface area contributed by atoms with E-state index in [9.17, 15) is 0 Å². The zero-order valence-corrected chi connectivity index (χ0v) is 10.6. The molecule has 0 amide bonds. The number of hydrogen-bond acceptors (Lipinski definition) is 4. The summed E-state index contributed by atoms with van der Waals surface area (Å²) in [6, 6.07) is 1.87. The van der Waals surface area contributed by atoms with E-state index < -0.39 is 0 Å². The van der Waals surface area contributed by atoms with E-state index in [-0.39, 0.29) is 0 Å². The summed E-state index contributed by atoms with van der Waals surface area (Å²) >= 11 is 7.98. The fourth-order valence-corrected chi connectivity index (χ4v) is 3.08. The normalized spacial score (nSPS) is 17.6. The van der Waals surface area contributed by atoms with Gasteiger partial charge in [0.25, 0.3) is 0 Å². The Balaban J connectivity index is 2.08. The van der Waals surface area contributed by atoms with Crippen LogP contribution in [0.5, 0.6) is 0 Å². The van der Waals surface area contributed by atoms with E-state index in [1.165, 1.54) is 0 Å². The van der Waals surface area contributed by atoms with Crippen LogP contribution < -0.4 is 5.73 Å². The lowest BCUT2D eigenvalue weighted by Gasteiger charge is -2.21. The fraction of sp³-hybridized carbons (Fsp3) is 0.545. The highest BCUT2D eigenvalue weighted by Crippen LogP contribution is 2.34. The maximum Gasteiger partial charge on any atom is 0.115 e. The quantitative estimate of drug-likeness (QED) is 0.905. The predicted molar refractivity (Wildman–Crippen MR) is 66.8 cm³/mol. The summed E-state index contributed by atoms with van der Waals surface area (Å²) in [5, 5.41) is 2.17. The van der Waals surface area contributed by atoms with Gasteiger partial charge >= 0.3 is 0 Å². The average Bonchev–Trinajstić information content (AvgIpc) is 2.33. The third-order valence-corrected chi connectivity index (χ3v) is 4.48. The molecule has 0 aromatic carbocycles. The lowest BCUT2D eigenvalue weighted by atomic mass is 10.2.